The van der Waals surface area contributed by atoms with Crippen molar-refractivity contribution in [1.82, 2.24) is 29.4 Å². The van der Waals surface area contributed by atoms with E-state index in [0.29, 0.717) is 35.7 Å². The van der Waals surface area contributed by atoms with Crippen LogP contribution in [0.2, 0.25) is 0 Å². The summed E-state index contributed by atoms with van der Waals surface area (Å²) in [5.41, 5.74) is 4.65. The Morgan fingerprint density at radius 2 is 2.02 bits per heavy atom. The molecule has 5 aromatic rings. The number of halogens is 2. The molecule has 0 spiro atoms. The third-order valence-electron chi connectivity index (χ3n) is 7.78. The lowest BCUT2D eigenvalue weighted by Crippen LogP contribution is -2.44. The average Bonchev–Trinajstić information content (AvgIpc) is 3.71. The number of aryl methyl sites for hydroxylation is 1. The maximum atomic E-state index is 15.9. The number of hydrogen-bond acceptors (Lipinski definition) is 7. The van der Waals surface area contributed by atoms with Crippen molar-refractivity contribution in [2.24, 2.45) is 7.05 Å². The SMILES string of the molecule is C=CC(=O)N1Cc2cc(-c3nc(-c4cnn(C)c4C)c4ccsc4c3-c3c(F)cc(F)cc3OCCOC)nn2CC1C. The molecule has 12 heteroatoms. The first-order chi connectivity index (χ1) is 20.7. The van der Waals surface area contributed by atoms with Crippen molar-refractivity contribution in [1.29, 1.82) is 0 Å². The second-order valence-electron chi connectivity index (χ2n) is 10.4. The third kappa shape index (κ3) is 5.00. The first kappa shape index (κ1) is 28.7. The molecular weight excluding hydrogens is 574 g/mol. The van der Waals surface area contributed by atoms with Crippen molar-refractivity contribution in [2.45, 2.75) is 33.0 Å². The fourth-order valence-corrected chi connectivity index (χ4v) is 6.42. The van der Waals surface area contributed by atoms with Crippen molar-refractivity contribution in [3.63, 3.8) is 0 Å². The molecule has 0 aliphatic carbocycles. The standard InChI is InChI=1S/C31H30F2N6O3S/c1-6-26(40)38-16-20-13-24(36-39(20)15-17(38)2)30-28(27-23(33)11-19(32)12-25(27)42-9-8-41-5)31-21(7-10-43-31)29(35-30)22-14-34-37(4)18(22)3/h6-7,10-14,17H,1,8-9,15-16H2,2-5H3. The van der Waals surface area contributed by atoms with Crippen LogP contribution in [0.5, 0.6) is 5.75 Å². The fraction of sp³-hybridized carbons (Fsp3) is 0.290. The molecule has 0 fully saturated rings. The topological polar surface area (TPSA) is 87.3 Å². The van der Waals surface area contributed by atoms with E-state index in [0.717, 1.165) is 33.1 Å². The van der Waals surface area contributed by atoms with Crippen LogP contribution in [0.3, 0.4) is 0 Å². The lowest BCUT2D eigenvalue weighted by Gasteiger charge is -2.33. The Labute approximate surface area is 251 Å². The van der Waals surface area contributed by atoms with Gasteiger partial charge in [-0.1, -0.05) is 6.58 Å². The highest BCUT2D eigenvalue weighted by atomic mass is 32.1. The summed E-state index contributed by atoms with van der Waals surface area (Å²) in [5.74, 6) is -1.67. The molecule has 0 saturated carbocycles. The summed E-state index contributed by atoms with van der Waals surface area (Å²) in [6.07, 6.45) is 3.06. The molecule has 6 rings (SSSR count). The molecule has 1 unspecified atom stereocenters. The predicted octanol–water partition coefficient (Wildman–Crippen LogP) is 5.76. The molecule has 0 radical (unpaired) electrons. The number of hydrogen-bond donors (Lipinski definition) is 0. The van der Waals surface area contributed by atoms with Crippen LogP contribution in [-0.2, 0) is 29.7 Å². The first-order valence-electron chi connectivity index (χ1n) is 13.7. The van der Waals surface area contributed by atoms with E-state index in [9.17, 15) is 9.18 Å². The number of aromatic nitrogens is 5. The lowest BCUT2D eigenvalue weighted by atomic mass is 9.96. The average molecular weight is 605 g/mol. The van der Waals surface area contributed by atoms with E-state index >= 15 is 4.39 Å². The van der Waals surface area contributed by atoms with Crippen LogP contribution in [-0.4, -0.2) is 61.7 Å². The first-order valence-corrected chi connectivity index (χ1v) is 14.6. The highest BCUT2D eigenvalue weighted by Gasteiger charge is 2.31. The van der Waals surface area contributed by atoms with E-state index in [4.69, 9.17) is 19.6 Å². The molecule has 1 aliphatic heterocycles. The van der Waals surface area contributed by atoms with Gasteiger partial charge in [-0.05, 0) is 37.4 Å². The van der Waals surface area contributed by atoms with Gasteiger partial charge >= 0.3 is 0 Å². The molecule has 222 valence electrons. The van der Waals surface area contributed by atoms with E-state index in [-0.39, 0.29) is 36.5 Å². The van der Waals surface area contributed by atoms with Crippen molar-refractivity contribution in [3.8, 4) is 39.5 Å². The Hall–Kier alpha value is -4.42. The highest BCUT2D eigenvalue weighted by Crippen LogP contribution is 2.47. The number of carbonyl (C=O) groups excluding carboxylic acids is 1. The number of pyridine rings is 1. The van der Waals surface area contributed by atoms with Gasteiger partial charge in [-0.15, -0.1) is 11.3 Å². The smallest absolute Gasteiger partial charge is 0.246 e. The fourth-order valence-electron chi connectivity index (χ4n) is 5.47. The summed E-state index contributed by atoms with van der Waals surface area (Å²) in [5, 5.41) is 12.0. The molecule has 4 aromatic heterocycles. The largest absolute Gasteiger partial charge is 0.490 e. The summed E-state index contributed by atoms with van der Waals surface area (Å²) >= 11 is 1.43. The Bertz CT molecular complexity index is 1880. The van der Waals surface area contributed by atoms with Gasteiger partial charge in [-0.3, -0.25) is 14.2 Å². The Morgan fingerprint density at radius 1 is 1.21 bits per heavy atom. The lowest BCUT2D eigenvalue weighted by molar-refractivity contribution is -0.129. The van der Waals surface area contributed by atoms with Crippen LogP contribution in [0, 0.1) is 18.6 Å². The number of fused-ring (bicyclic) bond motifs is 2. The monoisotopic (exact) mass is 604 g/mol. The number of thiophene rings is 1. The van der Waals surface area contributed by atoms with Gasteiger partial charge in [-0.25, -0.2) is 13.8 Å². The van der Waals surface area contributed by atoms with Crippen LogP contribution in [0.25, 0.3) is 43.9 Å². The maximum Gasteiger partial charge on any atom is 0.246 e. The highest BCUT2D eigenvalue weighted by molar-refractivity contribution is 7.18. The minimum absolute atomic E-state index is 0.0398. The zero-order valence-corrected chi connectivity index (χ0v) is 25.0. The van der Waals surface area contributed by atoms with Crippen molar-refractivity contribution in [2.75, 3.05) is 20.3 Å². The number of rotatable bonds is 8. The molecule has 0 bridgehead atoms. The van der Waals surface area contributed by atoms with Crippen LogP contribution >= 0.6 is 11.3 Å². The summed E-state index contributed by atoms with van der Waals surface area (Å²) in [6, 6.07) is 5.72. The molecule has 5 heterocycles. The quantitative estimate of drug-likeness (QED) is 0.166. The van der Waals surface area contributed by atoms with Gasteiger partial charge in [0.2, 0.25) is 5.91 Å². The van der Waals surface area contributed by atoms with Gasteiger partial charge in [0.25, 0.3) is 0 Å². The number of nitrogens with zero attached hydrogens (tertiary/aromatic N) is 6. The van der Waals surface area contributed by atoms with Crippen molar-refractivity contribution < 1.29 is 23.0 Å². The molecular formula is C31H30F2N6O3S. The van der Waals surface area contributed by atoms with E-state index in [2.05, 4.69) is 11.7 Å². The second kappa shape index (κ2) is 11.3. The molecule has 1 aliphatic rings. The van der Waals surface area contributed by atoms with E-state index in [1.165, 1.54) is 30.6 Å². The number of ether oxygens (including phenoxy) is 2. The Kier molecular flexibility index (Phi) is 7.57. The van der Waals surface area contributed by atoms with Crippen LogP contribution in [0.4, 0.5) is 8.78 Å². The summed E-state index contributed by atoms with van der Waals surface area (Å²) in [4.78, 5) is 19.4. The molecule has 1 aromatic carbocycles. The van der Waals surface area contributed by atoms with Crippen LogP contribution in [0.15, 0.2) is 48.5 Å². The zero-order valence-electron chi connectivity index (χ0n) is 24.2. The van der Waals surface area contributed by atoms with E-state index in [1.54, 1.807) is 15.8 Å². The third-order valence-corrected chi connectivity index (χ3v) is 8.71. The van der Waals surface area contributed by atoms with Crippen molar-refractivity contribution in [3.05, 3.63) is 71.5 Å². The normalized spacial score (nSPS) is 14.7. The van der Waals surface area contributed by atoms with Gasteiger partial charge < -0.3 is 14.4 Å². The molecule has 9 nitrogen and oxygen atoms in total. The zero-order chi connectivity index (χ0) is 30.4. The summed E-state index contributed by atoms with van der Waals surface area (Å²) < 4.78 is 45.8. The molecule has 1 amide bonds. The van der Waals surface area contributed by atoms with E-state index < -0.39 is 11.6 Å². The van der Waals surface area contributed by atoms with E-state index in [1.807, 2.05) is 43.1 Å². The van der Waals surface area contributed by atoms with Gasteiger partial charge in [0.1, 0.15) is 35.4 Å². The second-order valence-corrected chi connectivity index (χ2v) is 11.4. The Balaban J connectivity index is 1.63. The van der Waals surface area contributed by atoms with Gasteiger partial charge in [0.15, 0.2) is 0 Å². The predicted molar refractivity (Wildman–Crippen MR) is 161 cm³/mol. The number of benzene rings is 1. The van der Waals surface area contributed by atoms with Crippen molar-refractivity contribution >= 4 is 27.3 Å². The molecule has 0 N–H and O–H groups in total. The number of amides is 1. The summed E-state index contributed by atoms with van der Waals surface area (Å²) in [6.45, 7) is 8.68. The minimum atomic E-state index is -0.782. The van der Waals surface area contributed by atoms with Gasteiger partial charge in [-0.2, -0.15) is 10.2 Å². The van der Waals surface area contributed by atoms with Crippen LogP contribution < -0.4 is 4.74 Å². The maximum absolute atomic E-state index is 15.9. The van der Waals surface area contributed by atoms with Gasteiger partial charge in [0, 0.05) is 59.2 Å². The molecule has 1 atom stereocenters. The minimum Gasteiger partial charge on any atom is -0.490 e. The number of carbonyl (C=O) groups is 1. The molecule has 43 heavy (non-hydrogen) atoms. The number of methoxy groups -OCH3 is 1. The molecule has 0 saturated heterocycles. The van der Waals surface area contributed by atoms with Gasteiger partial charge in [0.05, 0.1) is 42.8 Å². The Morgan fingerprint density at radius 3 is 2.74 bits per heavy atom. The van der Waals surface area contributed by atoms with Crippen LogP contribution in [0.1, 0.15) is 18.3 Å². The summed E-state index contributed by atoms with van der Waals surface area (Å²) in [7, 11) is 3.38.